The van der Waals surface area contributed by atoms with Gasteiger partial charge in [0.15, 0.2) is 0 Å². The molecule has 1 heterocycles. The van der Waals surface area contributed by atoms with E-state index < -0.39 is 0 Å². The van der Waals surface area contributed by atoms with E-state index in [-0.39, 0.29) is 0 Å². The molecule has 1 nitrogen and oxygen atoms in total. The van der Waals surface area contributed by atoms with Crippen LogP contribution in [0.3, 0.4) is 0 Å². The van der Waals surface area contributed by atoms with E-state index in [0.717, 1.165) is 17.8 Å². The van der Waals surface area contributed by atoms with Gasteiger partial charge in [0.05, 0.1) is 0 Å². The molecule has 0 N–H and O–H groups in total. The molecular weight excluding hydrogens is 122 g/mol. The van der Waals surface area contributed by atoms with E-state index in [9.17, 15) is 0 Å². The molecule has 2 fully saturated rings. The third-order valence-electron chi connectivity index (χ3n) is 3.17. The fourth-order valence-corrected chi connectivity index (χ4v) is 2.84. The van der Waals surface area contributed by atoms with Crippen LogP contribution in [0.4, 0.5) is 0 Å². The molecule has 0 amide bonds. The fraction of sp³-hybridized carbons (Fsp3) is 1.00. The summed E-state index contributed by atoms with van der Waals surface area (Å²) in [5, 5.41) is 0. The van der Waals surface area contributed by atoms with Crippen LogP contribution in [0, 0.1) is 17.8 Å². The van der Waals surface area contributed by atoms with Gasteiger partial charge in [-0.15, -0.1) is 0 Å². The Balaban J connectivity index is 2.00. The predicted octanol–water partition coefficient (Wildman–Crippen LogP) is 1.59. The first-order valence-corrected chi connectivity index (χ1v) is 4.44. The molecule has 1 saturated carbocycles. The smallest absolute Gasteiger partial charge is 0.000995 e. The van der Waals surface area contributed by atoms with Gasteiger partial charge >= 0.3 is 0 Å². The Bertz CT molecular complexity index is 105. The highest BCUT2D eigenvalue weighted by Gasteiger charge is 2.37. The van der Waals surface area contributed by atoms with Gasteiger partial charge in [0, 0.05) is 13.1 Å². The lowest BCUT2D eigenvalue weighted by molar-refractivity contribution is 0.360. The summed E-state index contributed by atoms with van der Waals surface area (Å²) in [5.74, 6) is 3.13. The maximum absolute atomic E-state index is 2.49. The average Bonchev–Trinajstić information content (AvgIpc) is 2.21. The van der Waals surface area contributed by atoms with Crippen molar-refractivity contribution in [3.05, 3.63) is 0 Å². The first kappa shape index (κ1) is 6.66. The van der Waals surface area contributed by atoms with E-state index in [1.165, 1.54) is 25.9 Å². The lowest BCUT2D eigenvalue weighted by atomic mass is 10.0. The highest BCUT2D eigenvalue weighted by atomic mass is 15.1. The summed E-state index contributed by atoms with van der Waals surface area (Å²) in [6.07, 6.45) is 2.99. The van der Waals surface area contributed by atoms with E-state index in [2.05, 4.69) is 18.9 Å². The van der Waals surface area contributed by atoms with E-state index in [1.807, 2.05) is 0 Å². The van der Waals surface area contributed by atoms with Crippen molar-refractivity contribution in [1.82, 2.24) is 4.90 Å². The predicted molar refractivity (Wildman–Crippen MR) is 42.9 cm³/mol. The van der Waals surface area contributed by atoms with Gasteiger partial charge in [-0.05, 0) is 37.6 Å². The number of fused-ring (bicyclic) bond motifs is 1. The maximum Gasteiger partial charge on any atom is 0.000995 e. The van der Waals surface area contributed by atoms with Gasteiger partial charge in [-0.1, -0.05) is 6.92 Å². The second-order valence-electron chi connectivity index (χ2n) is 4.32. The van der Waals surface area contributed by atoms with Gasteiger partial charge in [-0.25, -0.2) is 0 Å². The zero-order chi connectivity index (χ0) is 7.14. The molecule has 0 bridgehead atoms. The Hall–Kier alpha value is -0.0400. The molecule has 0 aromatic carbocycles. The van der Waals surface area contributed by atoms with Crippen molar-refractivity contribution >= 4 is 0 Å². The summed E-state index contributed by atoms with van der Waals surface area (Å²) in [4.78, 5) is 2.49. The van der Waals surface area contributed by atoms with E-state index in [4.69, 9.17) is 0 Å². The van der Waals surface area contributed by atoms with Crippen LogP contribution in [-0.4, -0.2) is 25.0 Å². The van der Waals surface area contributed by atoms with Crippen LogP contribution in [0.2, 0.25) is 0 Å². The first-order chi connectivity index (χ1) is 4.75. The second kappa shape index (κ2) is 2.23. The van der Waals surface area contributed by atoms with Crippen molar-refractivity contribution < 1.29 is 0 Å². The Morgan fingerprint density at radius 2 is 1.60 bits per heavy atom. The largest absolute Gasteiger partial charge is 0.306 e. The molecule has 2 aliphatic rings. The Morgan fingerprint density at radius 1 is 1.10 bits per heavy atom. The highest BCUT2D eigenvalue weighted by Crippen LogP contribution is 2.40. The van der Waals surface area contributed by atoms with Crippen molar-refractivity contribution in [1.29, 1.82) is 0 Å². The summed E-state index contributed by atoms with van der Waals surface area (Å²) >= 11 is 0. The third-order valence-corrected chi connectivity index (χ3v) is 3.17. The van der Waals surface area contributed by atoms with Crippen LogP contribution in [0.25, 0.3) is 0 Å². The highest BCUT2D eigenvalue weighted by molar-refractivity contribution is 4.89. The summed E-state index contributed by atoms with van der Waals surface area (Å²) < 4.78 is 0. The third kappa shape index (κ3) is 0.968. The molecule has 1 saturated heterocycles. The average molecular weight is 139 g/mol. The number of hydrogen-bond acceptors (Lipinski definition) is 1. The summed E-state index contributed by atoms with van der Waals surface area (Å²) in [6.45, 7) is 5.14. The van der Waals surface area contributed by atoms with Gasteiger partial charge in [-0.2, -0.15) is 0 Å². The number of nitrogens with zero attached hydrogens (tertiary/aromatic N) is 1. The van der Waals surface area contributed by atoms with Gasteiger partial charge in [0.25, 0.3) is 0 Å². The van der Waals surface area contributed by atoms with Crippen molar-refractivity contribution in [2.24, 2.45) is 17.8 Å². The fourth-order valence-electron chi connectivity index (χ4n) is 2.84. The molecule has 1 aliphatic heterocycles. The molecule has 2 atom stereocenters. The Kier molecular flexibility index (Phi) is 1.48. The molecule has 2 rings (SSSR count). The molecule has 0 aromatic heterocycles. The molecule has 1 heteroatoms. The van der Waals surface area contributed by atoms with E-state index in [1.54, 1.807) is 0 Å². The van der Waals surface area contributed by atoms with Crippen LogP contribution in [0.15, 0.2) is 0 Å². The minimum atomic E-state index is 1.02. The summed E-state index contributed by atoms with van der Waals surface area (Å²) in [5.41, 5.74) is 0. The Labute approximate surface area is 63.4 Å². The molecular formula is C9H17N. The van der Waals surface area contributed by atoms with E-state index >= 15 is 0 Å². The van der Waals surface area contributed by atoms with Crippen LogP contribution in [0.1, 0.15) is 19.8 Å². The van der Waals surface area contributed by atoms with Crippen molar-refractivity contribution in [3.8, 4) is 0 Å². The first-order valence-electron chi connectivity index (χ1n) is 4.44. The van der Waals surface area contributed by atoms with Crippen molar-refractivity contribution in [2.45, 2.75) is 19.8 Å². The quantitative estimate of drug-likeness (QED) is 0.492. The van der Waals surface area contributed by atoms with Crippen LogP contribution < -0.4 is 0 Å². The number of likely N-dealkylation sites (tertiary alicyclic amines) is 1. The van der Waals surface area contributed by atoms with Crippen molar-refractivity contribution in [3.63, 3.8) is 0 Å². The normalized spacial score (nSPS) is 42.6. The lowest BCUT2D eigenvalue weighted by Crippen LogP contribution is -2.15. The van der Waals surface area contributed by atoms with Crippen LogP contribution in [0.5, 0.6) is 0 Å². The van der Waals surface area contributed by atoms with Gasteiger partial charge in [-0.3, -0.25) is 0 Å². The zero-order valence-electron chi connectivity index (χ0n) is 7.01. The Morgan fingerprint density at radius 3 is 2.10 bits per heavy atom. The van der Waals surface area contributed by atoms with Crippen LogP contribution in [-0.2, 0) is 0 Å². The zero-order valence-corrected chi connectivity index (χ0v) is 7.01. The lowest BCUT2D eigenvalue weighted by Gasteiger charge is -2.09. The molecule has 1 aliphatic carbocycles. The molecule has 0 spiro atoms. The maximum atomic E-state index is 2.49. The SMILES string of the molecule is CC1C[C@H]2CN(C)C[C@@H]2C1. The van der Waals surface area contributed by atoms with Gasteiger partial charge < -0.3 is 4.90 Å². The second-order valence-corrected chi connectivity index (χ2v) is 4.32. The van der Waals surface area contributed by atoms with Crippen molar-refractivity contribution in [2.75, 3.05) is 20.1 Å². The molecule has 0 radical (unpaired) electrons. The summed E-state index contributed by atoms with van der Waals surface area (Å²) in [7, 11) is 2.25. The van der Waals surface area contributed by atoms with E-state index in [0.29, 0.717) is 0 Å². The number of rotatable bonds is 0. The minimum Gasteiger partial charge on any atom is -0.306 e. The molecule has 58 valence electrons. The van der Waals surface area contributed by atoms with Gasteiger partial charge in [0.2, 0.25) is 0 Å². The minimum absolute atomic E-state index is 1.02. The molecule has 0 aromatic rings. The molecule has 10 heavy (non-hydrogen) atoms. The topological polar surface area (TPSA) is 3.24 Å². The van der Waals surface area contributed by atoms with Gasteiger partial charge in [0.1, 0.15) is 0 Å². The monoisotopic (exact) mass is 139 g/mol. The standard InChI is InChI=1S/C9H17N/c1-7-3-8-5-10(2)6-9(8)4-7/h7-9H,3-6H2,1-2H3/t8-,9-/m0/s1. The molecule has 0 unspecified atom stereocenters. The summed E-state index contributed by atoms with van der Waals surface area (Å²) in [6, 6.07) is 0. The number of hydrogen-bond donors (Lipinski definition) is 0. The van der Waals surface area contributed by atoms with Crippen LogP contribution >= 0.6 is 0 Å².